The normalized spacial score (nSPS) is 14.4. The average molecular weight is 449 g/mol. The number of anilines is 1. The van der Waals surface area contributed by atoms with Gasteiger partial charge in [0.25, 0.3) is 0 Å². The van der Waals surface area contributed by atoms with E-state index in [4.69, 9.17) is 25.8 Å². The van der Waals surface area contributed by atoms with E-state index < -0.39 is 5.41 Å². The van der Waals surface area contributed by atoms with Gasteiger partial charge in [-0.25, -0.2) is 0 Å². The van der Waals surface area contributed by atoms with Gasteiger partial charge in [0.15, 0.2) is 17.3 Å². The molecule has 1 aliphatic rings. The lowest BCUT2D eigenvalue weighted by Crippen LogP contribution is -2.52. The number of hydrogen-bond acceptors (Lipinski definition) is 7. The molecule has 1 aromatic heterocycles. The molecular formula is C22H29ClN4O4. The first-order valence-corrected chi connectivity index (χ1v) is 10.6. The second kappa shape index (κ2) is 9.60. The van der Waals surface area contributed by atoms with Crippen molar-refractivity contribution >= 4 is 23.3 Å². The van der Waals surface area contributed by atoms with E-state index in [1.807, 2.05) is 43.0 Å². The Kier molecular flexibility index (Phi) is 7.10. The monoisotopic (exact) mass is 448 g/mol. The minimum Gasteiger partial charge on any atom is -0.493 e. The largest absolute Gasteiger partial charge is 0.493 e. The Balaban J connectivity index is 1.73. The van der Waals surface area contributed by atoms with Crippen LogP contribution in [0.15, 0.2) is 24.3 Å². The van der Waals surface area contributed by atoms with Crippen LogP contribution in [0.5, 0.6) is 17.2 Å². The second-order valence-electron chi connectivity index (χ2n) is 7.99. The number of nitrogens with zero attached hydrogens (tertiary/aromatic N) is 4. The van der Waals surface area contributed by atoms with E-state index in [0.717, 1.165) is 11.4 Å². The number of piperazine rings is 1. The first kappa shape index (κ1) is 22.9. The molecule has 1 aromatic carbocycles. The molecular weight excluding hydrogens is 420 g/mol. The molecule has 168 valence electrons. The maximum absolute atomic E-state index is 12.6. The number of hydrogen-bond donors (Lipinski definition) is 0. The number of alkyl halides is 1. The predicted molar refractivity (Wildman–Crippen MR) is 120 cm³/mol. The highest BCUT2D eigenvalue weighted by molar-refractivity contribution is 6.19. The summed E-state index contributed by atoms with van der Waals surface area (Å²) >= 11 is 5.95. The lowest BCUT2D eigenvalue weighted by Gasteiger charge is -2.38. The van der Waals surface area contributed by atoms with Gasteiger partial charge in [-0.15, -0.1) is 21.8 Å². The summed E-state index contributed by atoms with van der Waals surface area (Å²) < 4.78 is 16.2. The van der Waals surface area contributed by atoms with Gasteiger partial charge in [-0.2, -0.15) is 0 Å². The number of methoxy groups -OCH3 is 3. The quantitative estimate of drug-likeness (QED) is 0.602. The molecule has 0 spiro atoms. The zero-order valence-corrected chi connectivity index (χ0v) is 19.4. The third kappa shape index (κ3) is 4.79. The van der Waals surface area contributed by atoms with E-state index in [1.54, 1.807) is 21.3 Å². The van der Waals surface area contributed by atoms with Crippen LogP contribution >= 0.6 is 11.6 Å². The van der Waals surface area contributed by atoms with Crippen LogP contribution in [0.25, 0.3) is 11.3 Å². The summed E-state index contributed by atoms with van der Waals surface area (Å²) in [6.07, 6.45) is 0. The van der Waals surface area contributed by atoms with Crippen LogP contribution < -0.4 is 19.1 Å². The Morgan fingerprint density at radius 1 is 1.00 bits per heavy atom. The molecule has 0 radical (unpaired) electrons. The molecule has 1 amide bonds. The maximum atomic E-state index is 12.6. The number of rotatable bonds is 7. The van der Waals surface area contributed by atoms with E-state index in [-0.39, 0.29) is 5.91 Å². The van der Waals surface area contributed by atoms with Crippen molar-refractivity contribution in [1.29, 1.82) is 0 Å². The highest BCUT2D eigenvalue weighted by atomic mass is 35.5. The molecule has 0 saturated carbocycles. The van der Waals surface area contributed by atoms with Gasteiger partial charge < -0.3 is 24.0 Å². The van der Waals surface area contributed by atoms with E-state index in [1.165, 1.54) is 0 Å². The smallest absolute Gasteiger partial charge is 0.229 e. The summed E-state index contributed by atoms with van der Waals surface area (Å²) in [7, 11) is 4.72. The van der Waals surface area contributed by atoms with Crippen LogP contribution in [0.1, 0.15) is 13.8 Å². The van der Waals surface area contributed by atoms with Crippen LogP contribution in [0.3, 0.4) is 0 Å². The summed E-state index contributed by atoms with van der Waals surface area (Å²) in [4.78, 5) is 16.6. The van der Waals surface area contributed by atoms with Crippen molar-refractivity contribution in [3.05, 3.63) is 24.3 Å². The van der Waals surface area contributed by atoms with E-state index >= 15 is 0 Å². The highest BCUT2D eigenvalue weighted by Gasteiger charge is 2.33. The number of benzene rings is 1. The summed E-state index contributed by atoms with van der Waals surface area (Å²) in [5, 5.41) is 8.80. The Morgan fingerprint density at radius 3 is 2.06 bits per heavy atom. The van der Waals surface area contributed by atoms with Crippen molar-refractivity contribution < 1.29 is 19.0 Å². The van der Waals surface area contributed by atoms with Gasteiger partial charge in [0, 0.05) is 37.6 Å². The second-order valence-corrected chi connectivity index (χ2v) is 8.25. The number of carbonyl (C=O) groups excluding carboxylic acids is 1. The molecule has 0 atom stereocenters. The fourth-order valence-corrected chi connectivity index (χ4v) is 3.61. The molecule has 0 N–H and O–H groups in total. The summed E-state index contributed by atoms with van der Waals surface area (Å²) in [5.41, 5.74) is 0.957. The third-order valence-corrected chi connectivity index (χ3v) is 6.08. The third-order valence-electron chi connectivity index (χ3n) is 5.41. The van der Waals surface area contributed by atoms with Gasteiger partial charge in [0.05, 0.1) is 32.4 Å². The molecule has 9 heteroatoms. The van der Waals surface area contributed by atoms with Crippen LogP contribution in [-0.4, -0.2) is 74.4 Å². The Morgan fingerprint density at radius 2 is 1.61 bits per heavy atom. The van der Waals surface area contributed by atoms with Crippen molar-refractivity contribution in [2.45, 2.75) is 13.8 Å². The fourth-order valence-electron chi connectivity index (χ4n) is 3.50. The molecule has 2 aromatic rings. The molecule has 2 heterocycles. The molecule has 1 aliphatic heterocycles. The number of amides is 1. The maximum Gasteiger partial charge on any atom is 0.229 e. The van der Waals surface area contributed by atoms with Gasteiger partial charge in [-0.05, 0) is 38.1 Å². The van der Waals surface area contributed by atoms with Crippen molar-refractivity contribution in [2.75, 3.05) is 58.3 Å². The number of aromatic nitrogens is 2. The molecule has 3 rings (SSSR count). The van der Waals surface area contributed by atoms with Crippen molar-refractivity contribution in [1.82, 2.24) is 15.1 Å². The van der Waals surface area contributed by atoms with E-state index in [2.05, 4.69) is 15.1 Å². The average Bonchev–Trinajstić information content (AvgIpc) is 2.82. The molecule has 31 heavy (non-hydrogen) atoms. The molecule has 1 fully saturated rings. The van der Waals surface area contributed by atoms with E-state index in [9.17, 15) is 4.79 Å². The topological polar surface area (TPSA) is 77.0 Å². The lowest BCUT2D eigenvalue weighted by molar-refractivity contribution is -0.139. The summed E-state index contributed by atoms with van der Waals surface area (Å²) in [6, 6.07) is 7.53. The van der Waals surface area contributed by atoms with Crippen LogP contribution in [0.2, 0.25) is 0 Å². The van der Waals surface area contributed by atoms with Crippen LogP contribution in [0.4, 0.5) is 5.82 Å². The van der Waals surface area contributed by atoms with Crippen LogP contribution in [0, 0.1) is 5.41 Å². The zero-order valence-electron chi connectivity index (χ0n) is 18.6. The molecule has 1 saturated heterocycles. The minimum atomic E-state index is -0.550. The van der Waals surface area contributed by atoms with Gasteiger partial charge in [-0.3, -0.25) is 4.79 Å². The highest BCUT2D eigenvalue weighted by Crippen LogP contribution is 2.40. The van der Waals surface area contributed by atoms with E-state index in [0.29, 0.717) is 55.0 Å². The molecule has 0 unspecified atom stereocenters. The molecule has 0 aliphatic carbocycles. The Bertz CT molecular complexity index is 887. The predicted octanol–water partition coefficient (Wildman–Crippen LogP) is 3.08. The number of carbonyl (C=O) groups is 1. The van der Waals surface area contributed by atoms with Gasteiger partial charge in [0.1, 0.15) is 0 Å². The molecule has 0 bridgehead atoms. The standard InChI is InChI=1S/C22H29ClN4O4/c1-22(2,14-23)21(28)27-10-8-26(9-11-27)19-7-6-16(24-25-19)15-12-17(29-3)20(31-5)18(13-15)30-4/h6-7,12-13H,8-11,14H2,1-5H3. The minimum absolute atomic E-state index is 0.0889. The first-order valence-electron chi connectivity index (χ1n) is 10.1. The van der Waals surface area contributed by atoms with Crippen LogP contribution in [-0.2, 0) is 4.79 Å². The van der Waals surface area contributed by atoms with Crippen molar-refractivity contribution in [3.8, 4) is 28.5 Å². The van der Waals surface area contributed by atoms with Crippen molar-refractivity contribution in [2.24, 2.45) is 5.41 Å². The molecule has 8 nitrogen and oxygen atoms in total. The summed E-state index contributed by atoms with van der Waals surface area (Å²) in [5.74, 6) is 2.82. The number of halogens is 1. The SMILES string of the molecule is COc1cc(-c2ccc(N3CCN(C(=O)C(C)(C)CCl)CC3)nn2)cc(OC)c1OC. The Hall–Kier alpha value is -2.74. The van der Waals surface area contributed by atoms with Crippen molar-refractivity contribution in [3.63, 3.8) is 0 Å². The zero-order chi connectivity index (χ0) is 22.6. The first-order chi connectivity index (χ1) is 14.8. The van der Waals surface area contributed by atoms with Gasteiger partial charge >= 0.3 is 0 Å². The lowest BCUT2D eigenvalue weighted by atomic mass is 9.94. The van der Waals surface area contributed by atoms with Gasteiger partial charge in [-0.1, -0.05) is 0 Å². The fraction of sp³-hybridized carbons (Fsp3) is 0.500. The number of ether oxygens (including phenoxy) is 3. The Labute approximate surface area is 188 Å². The van der Waals surface area contributed by atoms with Gasteiger partial charge in [0.2, 0.25) is 11.7 Å². The summed E-state index contributed by atoms with van der Waals surface area (Å²) in [6.45, 7) is 6.42.